The van der Waals surface area contributed by atoms with Crippen LogP contribution in [0.2, 0.25) is 0 Å². The van der Waals surface area contributed by atoms with Crippen LogP contribution in [-0.2, 0) is 10.0 Å². The summed E-state index contributed by atoms with van der Waals surface area (Å²) >= 11 is 0. The van der Waals surface area contributed by atoms with E-state index >= 15 is 0 Å². The second-order valence-electron chi connectivity index (χ2n) is 5.24. The molecule has 0 spiro atoms. The van der Waals surface area contributed by atoms with Crippen LogP contribution in [0.5, 0.6) is 0 Å². The van der Waals surface area contributed by atoms with E-state index in [0.29, 0.717) is 18.7 Å². The molecule has 0 fully saturated rings. The van der Waals surface area contributed by atoms with Crippen molar-refractivity contribution in [3.05, 3.63) is 17.9 Å². The number of hydrogen-bond donors (Lipinski definition) is 1. The summed E-state index contributed by atoms with van der Waals surface area (Å²) in [4.78, 5) is 10.4. The second-order valence-corrected chi connectivity index (χ2v) is 6.94. The molecule has 0 amide bonds. The summed E-state index contributed by atoms with van der Waals surface area (Å²) in [6, 6.07) is 2.60. The van der Waals surface area contributed by atoms with Crippen LogP contribution in [0.15, 0.2) is 21.6 Å². The van der Waals surface area contributed by atoms with Crippen molar-refractivity contribution in [3.8, 4) is 0 Å². The van der Waals surface area contributed by atoms with Gasteiger partial charge in [0.2, 0.25) is 5.09 Å². The fourth-order valence-corrected chi connectivity index (χ4v) is 2.26. The van der Waals surface area contributed by atoms with E-state index < -0.39 is 10.0 Å². The smallest absolute Gasteiger partial charge is 0.273 e. The molecule has 1 heterocycles. The van der Waals surface area contributed by atoms with Crippen LogP contribution in [0.4, 0.5) is 0 Å². The van der Waals surface area contributed by atoms with Crippen molar-refractivity contribution < 1.29 is 17.6 Å². The second kappa shape index (κ2) is 5.24. The first kappa shape index (κ1) is 14.9. The number of aldehydes is 1. The van der Waals surface area contributed by atoms with Crippen molar-refractivity contribution in [2.45, 2.75) is 32.8 Å². The summed E-state index contributed by atoms with van der Waals surface area (Å²) in [5.41, 5.74) is -0.160. The highest BCUT2D eigenvalue weighted by Gasteiger charge is 2.26. The zero-order valence-corrected chi connectivity index (χ0v) is 11.9. The Hall–Kier alpha value is -1.14. The van der Waals surface area contributed by atoms with Crippen molar-refractivity contribution in [3.63, 3.8) is 0 Å². The Kier molecular flexibility index (Phi) is 4.34. The summed E-state index contributed by atoms with van der Waals surface area (Å²) < 4.78 is 31.2. The maximum absolute atomic E-state index is 11.9. The zero-order valence-electron chi connectivity index (χ0n) is 11.1. The maximum atomic E-state index is 11.9. The summed E-state index contributed by atoms with van der Waals surface area (Å²) in [5.74, 6) is 0.334. The van der Waals surface area contributed by atoms with Gasteiger partial charge in [-0.2, -0.15) is 0 Å². The van der Waals surface area contributed by atoms with Gasteiger partial charge >= 0.3 is 0 Å². The summed E-state index contributed by atoms with van der Waals surface area (Å²) in [6.45, 7) is 8.35. The Morgan fingerprint density at radius 1 is 1.39 bits per heavy atom. The fourth-order valence-electron chi connectivity index (χ4n) is 1.10. The third-order valence-corrected chi connectivity index (χ3v) is 4.54. The van der Waals surface area contributed by atoms with Crippen molar-refractivity contribution in [2.24, 2.45) is 11.3 Å². The molecule has 18 heavy (non-hydrogen) atoms. The molecule has 0 bridgehead atoms. The Bertz CT molecular complexity index is 514. The lowest BCUT2D eigenvalue weighted by atomic mass is 9.81. The van der Waals surface area contributed by atoms with Gasteiger partial charge in [0, 0.05) is 6.54 Å². The molecule has 0 aliphatic carbocycles. The van der Waals surface area contributed by atoms with Gasteiger partial charge in [0.15, 0.2) is 12.0 Å². The van der Waals surface area contributed by atoms with Gasteiger partial charge in [0.1, 0.15) is 0 Å². The van der Waals surface area contributed by atoms with E-state index in [9.17, 15) is 13.2 Å². The highest BCUT2D eigenvalue weighted by Crippen LogP contribution is 2.25. The van der Waals surface area contributed by atoms with E-state index in [1.54, 1.807) is 0 Å². The van der Waals surface area contributed by atoms with E-state index in [2.05, 4.69) is 4.72 Å². The predicted octanol–water partition coefficient (Wildman–Crippen LogP) is 2.05. The number of nitrogens with one attached hydrogen (secondary N) is 1. The Morgan fingerprint density at radius 2 is 2.00 bits per heavy atom. The van der Waals surface area contributed by atoms with Gasteiger partial charge in [-0.3, -0.25) is 4.79 Å². The Labute approximate surface area is 108 Å². The van der Waals surface area contributed by atoms with Gasteiger partial charge in [-0.05, 0) is 23.5 Å². The summed E-state index contributed by atoms with van der Waals surface area (Å²) in [7, 11) is -3.69. The first-order valence-corrected chi connectivity index (χ1v) is 7.22. The molecule has 0 unspecified atom stereocenters. The van der Waals surface area contributed by atoms with Crippen molar-refractivity contribution in [1.82, 2.24) is 4.72 Å². The van der Waals surface area contributed by atoms with Gasteiger partial charge in [-0.1, -0.05) is 27.7 Å². The SMILES string of the molecule is CC(C)C(C)(C)CNS(=O)(=O)c1ccc(C=O)o1. The summed E-state index contributed by atoms with van der Waals surface area (Å²) in [5, 5.41) is -0.232. The molecule has 6 heteroatoms. The van der Waals surface area contributed by atoms with Crippen LogP contribution in [-0.4, -0.2) is 21.2 Å². The number of furan rings is 1. The van der Waals surface area contributed by atoms with Gasteiger partial charge in [-0.15, -0.1) is 0 Å². The number of carbonyl (C=O) groups excluding carboxylic acids is 1. The molecule has 0 aliphatic heterocycles. The molecule has 0 aromatic carbocycles. The van der Waals surface area contributed by atoms with Crippen LogP contribution >= 0.6 is 0 Å². The lowest BCUT2D eigenvalue weighted by Crippen LogP contribution is -2.36. The third-order valence-electron chi connectivity index (χ3n) is 3.26. The number of hydrogen-bond acceptors (Lipinski definition) is 4. The first-order chi connectivity index (χ1) is 8.19. The molecule has 0 saturated carbocycles. The minimum absolute atomic E-state index is 0.00139. The Morgan fingerprint density at radius 3 is 2.44 bits per heavy atom. The molecule has 102 valence electrons. The van der Waals surface area contributed by atoms with E-state index in [1.165, 1.54) is 12.1 Å². The minimum Gasteiger partial charge on any atom is -0.440 e. The molecule has 5 nitrogen and oxygen atoms in total. The van der Waals surface area contributed by atoms with Gasteiger partial charge in [0.25, 0.3) is 10.0 Å². The fraction of sp³-hybridized carbons (Fsp3) is 0.583. The molecule has 0 atom stereocenters. The zero-order chi connectivity index (χ0) is 14.0. The Balaban J connectivity index is 2.80. The van der Waals surface area contributed by atoms with Gasteiger partial charge in [0.05, 0.1) is 0 Å². The summed E-state index contributed by atoms with van der Waals surface area (Å²) in [6.07, 6.45) is 0.469. The monoisotopic (exact) mass is 273 g/mol. The molecule has 0 radical (unpaired) electrons. The van der Waals surface area contributed by atoms with Crippen LogP contribution in [0.25, 0.3) is 0 Å². The number of sulfonamides is 1. The highest BCUT2D eigenvalue weighted by molar-refractivity contribution is 7.89. The van der Waals surface area contributed by atoms with E-state index in [0.717, 1.165) is 0 Å². The van der Waals surface area contributed by atoms with E-state index in [4.69, 9.17) is 4.42 Å². The molecule has 1 rings (SSSR count). The maximum Gasteiger partial charge on any atom is 0.273 e. The molecule has 0 saturated heterocycles. The average Bonchev–Trinajstić information content (AvgIpc) is 2.75. The quantitative estimate of drug-likeness (QED) is 0.805. The van der Waals surface area contributed by atoms with Crippen molar-refractivity contribution >= 4 is 16.3 Å². The number of rotatable bonds is 6. The largest absolute Gasteiger partial charge is 0.440 e. The number of carbonyl (C=O) groups is 1. The molecule has 1 N–H and O–H groups in total. The van der Waals surface area contributed by atoms with Crippen LogP contribution in [0, 0.1) is 11.3 Å². The standard InChI is InChI=1S/C12H19NO4S/c1-9(2)12(3,4)8-13-18(15,16)11-6-5-10(7-14)17-11/h5-7,9,13H,8H2,1-4H3. The van der Waals surface area contributed by atoms with E-state index in [-0.39, 0.29) is 16.3 Å². The van der Waals surface area contributed by atoms with Gasteiger partial charge < -0.3 is 4.42 Å². The van der Waals surface area contributed by atoms with Crippen molar-refractivity contribution in [1.29, 1.82) is 0 Å². The highest BCUT2D eigenvalue weighted by atomic mass is 32.2. The van der Waals surface area contributed by atoms with Crippen LogP contribution < -0.4 is 4.72 Å². The molecule has 0 aliphatic rings. The average molecular weight is 273 g/mol. The third kappa shape index (κ3) is 3.43. The van der Waals surface area contributed by atoms with Crippen LogP contribution in [0.3, 0.4) is 0 Å². The minimum atomic E-state index is -3.69. The molecular formula is C12H19NO4S. The lowest BCUT2D eigenvalue weighted by Gasteiger charge is -2.28. The van der Waals surface area contributed by atoms with Gasteiger partial charge in [-0.25, -0.2) is 13.1 Å². The lowest BCUT2D eigenvalue weighted by molar-refractivity contribution is 0.109. The van der Waals surface area contributed by atoms with Crippen LogP contribution in [0.1, 0.15) is 38.2 Å². The topological polar surface area (TPSA) is 76.4 Å². The van der Waals surface area contributed by atoms with E-state index in [1.807, 2.05) is 27.7 Å². The molecule has 1 aromatic heterocycles. The molecule has 1 aromatic rings. The predicted molar refractivity (Wildman–Crippen MR) is 67.9 cm³/mol. The van der Waals surface area contributed by atoms with Crippen molar-refractivity contribution in [2.75, 3.05) is 6.54 Å². The normalized spacial score (nSPS) is 12.9. The first-order valence-electron chi connectivity index (χ1n) is 5.74. The molecular weight excluding hydrogens is 254 g/mol.